The lowest BCUT2D eigenvalue weighted by Crippen LogP contribution is -2.38. The number of carbonyl (C=O) groups is 2. The van der Waals surface area contributed by atoms with E-state index in [4.69, 9.17) is 4.74 Å². The van der Waals surface area contributed by atoms with Crippen molar-refractivity contribution in [2.45, 2.75) is 53.2 Å². The highest BCUT2D eigenvalue weighted by molar-refractivity contribution is 8.16. The molecule has 7 heteroatoms. The number of amidine groups is 1. The van der Waals surface area contributed by atoms with Gasteiger partial charge in [-0.2, -0.15) is 0 Å². The lowest BCUT2D eigenvalue weighted by molar-refractivity contribution is -0.143. The molecule has 0 aliphatic carbocycles. The number of benzene rings is 1. The molecular weight excluding hydrogens is 398 g/mol. The van der Waals surface area contributed by atoms with E-state index in [0.29, 0.717) is 23.7 Å². The maximum atomic E-state index is 13.0. The van der Waals surface area contributed by atoms with Crippen LogP contribution in [0, 0.1) is 5.92 Å². The van der Waals surface area contributed by atoms with Gasteiger partial charge in [-0.25, -0.2) is 9.79 Å². The number of thioether (sulfide) groups is 1. The average Bonchev–Trinajstić information content (AvgIpc) is 3.07. The number of ether oxygens (including phenoxy) is 1. The first kappa shape index (κ1) is 22.2. The number of nitrogens with zero attached hydrogens (tertiary/aromatic N) is 2. The summed E-state index contributed by atoms with van der Waals surface area (Å²) in [5, 5.41) is 5.69. The minimum Gasteiger partial charge on any atom is -0.459 e. The molecule has 0 aromatic heterocycles. The molecule has 1 N–H and O–H groups in total. The molecular formula is C23H29N3O3S. The van der Waals surface area contributed by atoms with E-state index in [1.165, 1.54) is 11.8 Å². The first-order chi connectivity index (χ1) is 14.3. The Balaban J connectivity index is 1.95. The van der Waals surface area contributed by atoms with E-state index in [1.54, 1.807) is 0 Å². The second-order valence-electron chi connectivity index (χ2n) is 8.13. The molecule has 2 aliphatic rings. The highest BCUT2D eigenvalue weighted by Gasteiger charge is 2.41. The van der Waals surface area contributed by atoms with Crippen molar-refractivity contribution in [2.24, 2.45) is 10.9 Å². The Morgan fingerprint density at radius 1 is 1.20 bits per heavy atom. The number of nitrogens with one attached hydrogen (secondary N) is 1. The number of esters is 1. The molecule has 30 heavy (non-hydrogen) atoms. The third-order valence-corrected chi connectivity index (χ3v) is 5.62. The van der Waals surface area contributed by atoms with Crippen LogP contribution in [0.25, 0.3) is 0 Å². The summed E-state index contributed by atoms with van der Waals surface area (Å²) in [6.45, 7) is 10.3. The highest BCUT2D eigenvalue weighted by atomic mass is 32.2. The van der Waals surface area contributed by atoms with Crippen LogP contribution in [0.1, 0.15) is 52.6 Å². The van der Waals surface area contributed by atoms with Crippen molar-refractivity contribution in [1.82, 2.24) is 10.2 Å². The molecule has 1 amide bonds. The minimum atomic E-state index is -0.385. The summed E-state index contributed by atoms with van der Waals surface area (Å²) in [5.74, 6) is -0.0334. The van der Waals surface area contributed by atoms with Gasteiger partial charge in [0.1, 0.15) is 0 Å². The molecule has 0 saturated carbocycles. The van der Waals surface area contributed by atoms with Crippen molar-refractivity contribution in [1.29, 1.82) is 0 Å². The van der Waals surface area contributed by atoms with E-state index < -0.39 is 0 Å². The Labute approximate surface area is 182 Å². The van der Waals surface area contributed by atoms with Gasteiger partial charge in [-0.1, -0.05) is 55.9 Å². The number of fused-ring (bicyclic) bond motifs is 1. The van der Waals surface area contributed by atoms with Crippen molar-refractivity contribution in [2.75, 3.05) is 6.54 Å². The normalized spacial score (nSPS) is 18.4. The van der Waals surface area contributed by atoms with Crippen LogP contribution in [0.2, 0.25) is 0 Å². The number of allylic oxidation sites excluding steroid dienone is 1. The first-order valence-corrected chi connectivity index (χ1v) is 11.1. The summed E-state index contributed by atoms with van der Waals surface area (Å²) in [6.07, 6.45) is -0.00227. The molecule has 0 fully saturated rings. The summed E-state index contributed by atoms with van der Waals surface area (Å²) in [7, 11) is 0. The molecule has 1 aromatic rings. The molecule has 0 unspecified atom stereocenters. The van der Waals surface area contributed by atoms with Gasteiger partial charge in [-0.15, -0.1) is 0 Å². The van der Waals surface area contributed by atoms with E-state index >= 15 is 0 Å². The van der Waals surface area contributed by atoms with Crippen LogP contribution in [-0.2, 0) is 14.3 Å². The molecule has 6 nitrogen and oxygen atoms in total. The maximum absolute atomic E-state index is 13.0. The van der Waals surface area contributed by atoms with Crippen molar-refractivity contribution in [3.63, 3.8) is 0 Å². The summed E-state index contributed by atoms with van der Waals surface area (Å²) in [5.41, 5.74) is 2.94. The van der Waals surface area contributed by atoms with Crippen LogP contribution in [0.5, 0.6) is 0 Å². The van der Waals surface area contributed by atoms with Crippen molar-refractivity contribution in [3.05, 3.63) is 58.3 Å². The standard InChI is InChI=1S/C23H29N3O3S/c1-14(2)12-24-19(27)11-18-13-30-23-25-16(5)20(22(28)29-15(3)4)21(26(18)23)17-9-7-6-8-10-17/h6-10,13-15,21H,11-12H2,1-5H3,(H,24,27)/t21-/m1/s1. The molecule has 2 heterocycles. The van der Waals surface area contributed by atoms with Crippen LogP contribution >= 0.6 is 11.8 Å². The molecule has 1 aromatic carbocycles. The van der Waals surface area contributed by atoms with Gasteiger partial charge >= 0.3 is 5.97 Å². The van der Waals surface area contributed by atoms with E-state index in [1.807, 2.05) is 61.4 Å². The summed E-state index contributed by atoms with van der Waals surface area (Å²) >= 11 is 1.48. The monoisotopic (exact) mass is 427 g/mol. The Hall–Kier alpha value is -2.54. The van der Waals surface area contributed by atoms with Crippen LogP contribution < -0.4 is 5.32 Å². The van der Waals surface area contributed by atoms with Gasteiger partial charge in [0.2, 0.25) is 5.91 Å². The van der Waals surface area contributed by atoms with Crippen LogP contribution in [-0.4, -0.2) is 34.6 Å². The Bertz CT molecular complexity index is 904. The molecule has 160 valence electrons. The number of hydrogen-bond acceptors (Lipinski definition) is 6. The van der Waals surface area contributed by atoms with E-state index in [-0.39, 0.29) is 30.4 Å². The number of amides is 1. The lowest BCUT2D eigenvalue weighted by atomic mass is 9.94. The van der Waals surface area contributed by atoms with Gasteiger partial charge in [0.25, 0.3) is 0 Å². The van der Waals surface area contributed by atoms with Crippen molar-refractivity contribution in [3.8, 4) is 0 Å². The predicted octanol–water partition coefficient (Wildman–Crippen LogP) is 4.38. The first-order valence-electron chi connectivity index (χ1n) is 10.2. The third-order valence-electron chi connectivity index (χ3n) is 4.73. The zero-order chi connectivity index (χ0) is 21.8. The molecule has 0 radical (unpaired) electrons. The SMILES string of the molecule is CC1=C(C(=O)OC(C)C)[C@@H](c2ccccc2)N2C(CC(=O)NCC(C)C)=CSC2=N1. The zero-order valence-corrected chi connectivity index (χ0v) is 19.0. The van der Waals surface area contributed by atoms with Crippen LogP contribution in [0.4, 0.5) is 0 Å². The van der Waals surface area contributed by atoms with Gasteiger partial charge in [0.05, 0.1) is 29.8 Å². The third kappa shape index (κ3) is 4.95. The Morgan fingerprint density at radius 3 is 2.53 bits per heavy atom. The van der Waals surface area contributed by atoms with Crippen LogP contribution in [0.3, 0.4) is 0 Å². The predicted molar refractivity (Wildman–Crippen MR) is 121 cm³/mol. The van der Waals surface area contributed by atoms with E-state index in [0.717, 1.165) is 16.4 Å². The van der Waals surface area contributed by atoms with Gasteiger partial charge in [-0.3, -0.25) is 4.79 Å². The molecule has 0 saturated heterocycles. The fourth-order valence-corrected chi connectivity index (χ4v) is 4.37. The number of carbonyl (C=O) groups excluding carboxylic acids is 2. The van der Waals surface area contributed by atoms with Gasteiger partial charge < -0.3 is 15.0 Å². The summed E-state index contributed by atoms with van der Waals surface area (Å²) in [4.78, 5) is 32.2. The Kier molecular flexibility index (Phi) is 7.02. The van der Waals surface area contributed by atoms with Gasteiger partial charge in [0, 0.05) is 12.2 Å². The minimum absolute atomic E-state index is 0.0406. The largest absolute Gasteiger partial charge is 0.459 e. The zero-order valence-electron chi connectivity index (χ0n) is 18.1. The van der Waals surface area contributed by atoms with Gasteiger partial charge in [0.15, 0.2) is 5.17 Å². The highest BCUT2D eigenvalue weighted by Crippen LogP contribution is 2.44. The molecule has 0 spiro atoms. The lowest BCUT2D eigenvalue weighted by Gasteiger charge is -2.36. The van der Waals surface area contributed by atoms with Gasteiger partial charge in [-0.05, 0) is 37.7 Å². The molecule has 1 atom stereocenters. The van der Waals surface area contributed by atoms with Crippen molar-refractivity contribution >= 4 is 28.8 Å². The number of hydrogen-bond donors (Lipinski definition) is 1. The maximum Gasteiger partial charge on any atom is 0.338 e. The van der Waals surface area contributed by atoms with Crippen molar-refractivity contribution < 1.29 is 14.3 Å². The summed E-state index contributed by atoms with van der Waals surface area (Å²) < 4.78 is 5.54. The Morgan fingerprint density at radius 2 is 1.90 bits per heavy atom. The second kappa shape index (κ2) is 9.51. The molecule has 0 bridgehead atoms. The van der Waals surface area contributed by atoms with E-state index in [2.05, 4.69) is 24.2 Å². The van der Waals surface area contributed by atoms with E-state index in [9.17, 15) is 9.59 Å². The quantitative estimate of drug-likeness (QED) is 0.654. The average molecular weight is 428 g/mol. The second-order valence-corrected chi connectivity index (χ2v) is 8.97. The fourth-order valence-electron chi connectivity index (χ4n) is 3.40. The molecule has 2 aliphatic heterocycles. The summed E-state index contributed by atoms with van der Waals surface area (Å²) in [6, 6.07) is 9.43. The van der Waals surface area contributed by atoms with Crippen LogP contribution in [0.15, 0.2) is 57.7 Å². The fraction of sp³-hybridized carbons (Fsp3) is 0.435. The smallest absolute Gasteiger partial charge is 0.338 e. The molecule has 3 rings (SSSR count). The number of rotatable bonds is 7. The topological polar surface area (TPSA) is 71.0 Å². The number of aliphatic imine (C=N–C) groups is 1.